The molecule has 0 bridgehead atoms. The lowest BCUT2D eigenvalue weighted by molar-refractivity contribution is -0.137. The highest BCUT2D eigenvalue weighted by molar-refractivity contribution is 7.89. The number of alkyl halides is 3. The fourth-order valence-electron chi connectivity index (χ4n) is 3.85. The first kappa shape index (κ1) is 22.3. The van der Waals surface area contributed by atoms with Gasteiger partial charge in [-0.05, 0) is 41.8 Å². The predicted molar refractivity (Wildman–Crippen MR) is 113 cm³/mol. The summed E-state index contributed by atoms with van der Waals surface area (Å²) in [4.78, 5) is 14.1. The van der Waals surface area contributed by atoms with Crippen LogP contribution in [-0.4, -0.2) is 54.3 Å². The van der Waals surface area contributed by atoms with E-state index < -0.39 is 21.8 Å². The van der Waals surface area contributed by atoms with E-state index in [4.69, 9.17) is 0 Å². The molecule has 10 heteroatoms. The highest BCUT2D eigenvalue weighted by Crippen LogP contribution is 2.30. The first-order valence-corrected chi connectivity index (χ1v) is 11.6. The number of fused-ring (bicyclic) bond motifs is 1. The number of carbonyl (C=O) groups excluding carboxylic acids is 1. The fraction of sp³-hybridized carbons (Fsp3) is 0.318. The van der Waals surface area contributed by atoms with Crippen LogP contribution in [0.25, 0.3) is 10.9 Å². The molecule has 1 fully saturated rings. The molecule has 0 spiro atoms. The van der Waals surface area contributed by atoms with Gasteiger partial charge in [-0.3, -0.25) is 4.79 Å². The Morgan fingerprint density at radius 1 is 0.906 bits per heavy atom. The third kappa shape index (κ3) is 4.51. The second kappa shape index (κ2) is 8.59. The summed E-state index contributed by atoms with van der Waals surface area (Å²) in [6.07, 6.45) is -2.29. The molecule has 1 aromatic heterocycles. The summed E-state index contributed by atoms with van der Waals surface area (Å²) < 4.78 is 66.9. The Morgan fingerprint density at radius 2 is 1.56 bits per heavy atom. The number of hydrogen-bond donors (Lipinski definition) is 0. The number of carbonyl (C=O) groups is 1. The molecule has 2 aromatic carbocycles. The third-order valence-corrected chi connectivity index (χ3v) is 7.57. The summed E-state index contributed by atoms with van der Waals surface area (Å²) in [5, 5.41) is 1.10. The summed E-state index contributed by atoms with van der Waals surface area (Å²) in [7, 11) is -3.92. The van der Waals surface area contributed by atoms with Crippen LogP contribution in [0.4, 0.5) is 13.2 Å². The quantitative estimate of drug-likeness (QED) is 0.579. The second-order valence-corrected chi connectivity index (χ2v) is 9.56. The molecule has 3 aromatic rings. The van der Waals surface area contributed by atoms with Crippen molar-refractivity contribution in [3.63, 3.8) is 0 Å². The highest BCUT2D eigenvalue weighted by atomic mass is 32.2. The molecule has 0 aliphatic carbocycles. The van der Waals surface area contributed by atoms with Crippen molar-refractivity contribution < 1.29 is 26.4 Å². The van der Waals surface area contributed by atoms with Gasteiger partial charge in [0.05, 0.1) is 10.5 Å². The van der Waals surface area contributed by atoms with Crippen molar-refractivity contribution >= 4 is 26.8 Å². The van der Waals surface area contributed by atoms with Crippen LogP contribution in [-0.2, 0) is 27.5 Å². The average molecular weight is 465 g/mol. The first-order valence-electron chi connectivity index (χ1n) is 10.2. The molecule has 4 rings (SSSR count). The number of aryl methyl sites for hydroxylation is 1. The van der Waals surface area contributed by atoms with Gasteiger partial charge in [0.1, 0.15) is 0 Å². The normalized spacial score (nSPS) is 15.9. The van der Waals surface area contributed by atoms with Crippen molar-refractivity contribution in [2.75, 3.05) is 26.2 Å². The lowest BCUT2D eigenvalue weighted by Gasteiger charge is -2.34. The van der Waals surface area contributed by atoms with Crippen LogP contribution < -0.4 is 0 Å². The van der Waals surface area contributed by atoms with E-state index in [0.29, 0.717) is 13.0 Å². The molecule has 0 radical (unpaired) electrons. The smallest absolute Gasteiger partial charge is 0.347 e. The lowest BCUT2D eigenvalue weighted by Crippen LogP contribution is -2.50. The molecular formula is C22H22F3N3O3S. The van der Waals surface area contributed by atoms with Crippen LogP contribution in [0.1, 0.15) is 12.0 Å². The topological polar surface area (TPSA) is 62.6 Å². The van der Waals surface area contributed by atoms with E-state index in [1.807, 2.05) is 41.1 Å². The van der Waals surface area contributed by atoms with Gasteiger partial charge in [-0.15, -0.1) is 0 Å². The Hall–Kier alpha value is -2.85. The van der Waals surface area contributed by atoms with Crippen molar-refractivity contribution in [3.05, 3.63) is 66.4 Å². The van der Waals surface area contributed by atoms with E-state index >= 15 is 0 Å². The maximum absolute atomic E-state index is 12.8. The van der Waals surface area contributed by atoms with Gasteiger partial charge >= 0.3 is 6.18 Å². The summed E-state index contributed by atoms with van der Waals surface area (Å²) in [5.41, 5.74) is 0.148. The van der Waals surface area contributed by atoms with Crippen LogP contribution >= 0.6 is 0 Å². The first-order chi connectivity index (χ1) is 15.2. The summed E-state index contributed by atoms with van der Waals surface area (Å²) >= 11 is 0. The minimum absolute atomic E-state index is 0.0608. The van der Waals surface area contributed by atoms with E-state index in [1.165, 1.54) is 4.31 Å². The van der Waals surface area contributed by atoms with E-state index in [0.717, 1.165) is 35.2 Å². The van der Waals surface area contributed by atoms with Gasteiger partial charge < -0.3 is 9.47 Å². The minimum Gasteiger partial charge on any atom is -0.347 e. The number of sulfonamides is 1. The van der Waals surface area contributed by atoms with Gasteiger partial charge in [-0.2, -0.15) is 17.5 Å². The van der Waals surface area contributed by atoms with E-state index in [-0.39, 0.29) is 37.0 Å². The summed E-state index contributed by atoms with van der Waals surface area (Å²) in [6.45, 7) is 1.20. The molecule has 1 aliphatic heterocycles. The Labute approximate surface area is 183 Å². The largest absolute Gasteiger partial charge is 0.416 e. The zero-order valence-corrected chi connectivity index (χ0v) is 17.9. The van der Waals surface area contributed by atoms with Crippen molar-refractivity contribution in [2.24, 2.45) is 0 Å². The van der Waals surface area contributed by atoms with Crippen LogP contribution in [0.15, 0.2) is 65.7 Å². The molecule has 1 aliphatic rings. The number of benzene rings is 2. The van der Waals surface area contributed by atoms with Crippen molar-refractivity contribution in [3.8, 4) is 0 Å². The highest BCUT2D eigenvalue weighted by Gasteiger charge is 2.33. The maximum Gasteiger partial charge on any atom is 0.416 e. The number of piperazine rings is 1. The molecule has 0 saturated carbocycles. The van der Waals surface area contributed by atoms with E-state index in [2.05, 4.69) is 0 Å². The standard InChI is InChI=1S/C22H22F3N3O3S/c23-22(24,25)18-5-7-19(8-6-18)32(30,31)28-15-13-27(14-16-28)21(29)10-12-26-11-9-17-3-1-2-4-20(17)26/h1-9,11H,10,12-16H2. The van der Waals surface area contributed by atoms with Crippen LogP contribution in [0.3, 0.4) is 0 Å². The minimum atomic E-state index is -4.53. The van der Waals surface area contributed by atoms with Crippen LogP contribution in [0.5, 0.6) is 0 Å². The van der Waals surface area contributed by atoms with Gasteiger partial charge in [0.25, 0.3) is 0 Å². The van der Waals surface area contributed by atoms with E-state index in [1.54, 1.807) is 4.90 Å². The van der Waals surface area contributed by atoms with Crippen molar-refractivity contribution in [1.82, 2.24) is 13.8 Å². The van der Waals surface area contributed by atoms with Gasteiger partial charge in [-0.1, -0.05) is 18.2 Å². The Bertz CT molecular complexity index is 1210. The Kier molecular flexibility index (Phi) is 6.00. The Morgan fingerprint density at radius 3 is 2.22 bits per heavy atom. The second-order valence-electron chi connectivity index (χ2n) is 7.62. The molecule has 32 heavy (non-hydrogen) atoms. The zero-order chi connectivity index (χ0) is 22.9. The number of amides is 1. The SMILES string of the molecule is O=C(CCn1ccc2ccccc21)N1CCN(S(=O)(=O)c2ccc(C(F)(F)F)cc2)CC1. The number of halogens is 3. The molecule has 0 atom stereocenters. The van der Waals surface area contributed by atoms with Gasteiger partial charge in [0.15, 0.2) is 0 Å². The van der Waals surface area contributed by atoms with Crippen LogP contribution in [0.2, 0.25) is 0 Å². The predicted octanol–water partition coefficient (Wildman–Crippen LogP) is 3.58. The van der Waals surface area contributed by atoms with Gasteiger partial charge in [0, 0.05) is 50.9 Å². The number of nitrogens with zero attached hydrogens (tertiary/aromatic N) is 3. The summed E-state index contributed by atoms with van der Waals surface area (Å²) in [6, 6.07) is 13.3. The number of para-hydroxylation sites is 1. The number of hydrogen-bond acceptors (Lipinski definition) is 3. The molecule has 170 valence electrons. The molecule has 1 saturated heterocycles. The van der Waals surface area contributed by atoms with E-state index in [9.17, 15) is 26.4 Å². The van der Waals surface area contributed by atoms with Crippen molar-refractivity contribution in [2.45, 2.75) is 24.0 Å². The number of rotatable bonds is 5. The zero-order valence-electron chi connectivity index (χ0n) is 17.1. The maximum atomic E-state index is 12.8. The average Bonchev–Trinajstić information content (AvgIpc) is 3.20. The number of aromatic nitrogens is 1. The molecule has 6 nitrogen and oxygen atoms in total. The Balaban J connectivity index is 1.34. The molecule has 0 N–H and O–H groups in total. The third-order valence-electron chi connectivity index (χ3n) is 5.66. The van der Waals surface area contributed by atoms with Gasteiger partial charge in [0.2, 0.25) is 15.9 Å². The molecule has 0 unspecified atom stereocenters. The summed E-state index contributed by atoms with van der Waals surface area (Å²) in [5.74, 6) is -0.0608. The van der Waals surface area contributed by atoms with Gasteiger partial charge in [-0.25, -0.2) is 8.42 Å². The lowest BCUT2D eigenvalue weighted by atomic mass is 10.2. The fourth-order valence-corrected chi connectivity index (χ4v) is 5.27. The molecule has 2 heterocycles. The molecule has 1 amide bonds. The molecular weight excluding hydrogens is 443 g/mol. The van der Waals surface area contributed by atoms with Crippen LogP contribution in [0, 0.1) is 0 Å². The van der Waals surface area contributed by atoms with Crippen molar-refractivity contribution in [1.29, 1.82) is 0 Å². The monoisotopic (exact) mass is 465 g/mol.